The Balaban J connectivity index is 1.99. The minimum atomic E-state index is -4.60. The largest absolute Gasteiger partial charge is 0.494 e. The lowest BCUT2D eigenvalue weighted by atomic mass is 10.00. The van der Waals surface area contributed by atoms with Gasteiger partial charge >= 0.3 is 12.2 Å². The first-order chi connectivity index (χ1) is 18.0. The molecule has 0 aliphatic carbocycles. The number of aromatic nitrogens is 1. The number of nitrogens with one attached hydrogen (secondary N) is 1. The molecular formula is C28H25F3N4O3. The summed E-state index contributed by atoms with van der Waals surface area (Å²) in [5.41, 5.74) is 7.41. The molecule has 0 unspecified atom stereocenters. The molecule has 38 heavy (non-hydrogen) atoms. The van der Waals surface area contributed by atoms with Crippen LogP contribution >= 0.6 is 0 Å². The zero-order valence-corrected chi connectivity index (χ0v) is 20.6. The van der Waals surface area contributed by atoms with Crippen LogP contribution in [0.3, 0.4) is 0 Å². The van der Waals surface area contributed by atoms with Crippen LogP contribution in [0.2, 0.25) is 0 Å². The molecule has 0 saturated carbocycles. The van der Waals surface area contributed by atoms with Crippen LogP contribution in [-0.4, -0.2) is 40.3 Å². The van der Waals surface area contributed by atoms with Gasteiger partial charge in [-0.25, -0.2) is 4.79 Å². The van der Waals surface area contributed by atoms with Gasteiger partial charge < -0.3 is 16.2 Å². The molecule has 4 rings (SSSR count). The standard InChI is InChI=1S/C28H25F3N4O3/c1-16-10-17(2)12-20(11-16)35-23-13-19(28(29,30)31)8-9-22(23)24(26(35)37)25(18-6-4-3-5-7-18)33-14-21(36)15-34-27(32)38/h3-13,37H,14-15H2,1-2H3,(H3,32,34,38). The molecule has 0 fully saturated rings. The molecule has 0 aliphatic heterocycles. The maximum absolute atomic E-state index is 13.7. The van der Waals surface area contributed by atoms with Crippen LogP contribution in [0.25, 0.3) is 16.6 Å². The number of ketones is 1. The number of aryl methyl sites for hydroxylation is 2. The Morgan fingerprint density at radius 1 is 1.00 bits per heavy atom. The fourth-order valence-corrected chi connectivity index (χ4v) is 4.34. The SMILES string of the molecule is Cc1cc(C)cc(-n2c(O)c(C(=NCC(=O)CNC(N)=O)c3ccccc3)c3ccc(C(F)(F)F)cc32)c1. The molecule has 4 aromatic rings. The van der Waals surface area contributed by atoms with Crippen molar-refractivity contribution >= 4 is 28.4 Å². The van der Waals surface area contributed by atoms with Gasteiger partial charge in [-0.2, -0.15) is 13.2 Å². The van der Waals surface area contributed by atoms with Crippen molar-refractivity contribution in [2.45, 2.75) is 20.0 Å². The number of alkyl halides is 3. The van der Waals surface area contributed by atoms with E-state index in [-0.39, 0.29) is 35.8 Å². The number of urea groups is 1. The summed E-state index contributed by atoms with van der Waals surface area (Å²) in [7, 11) is 0. The summed E-state index contributed by atoms with van der Waals surface area (Å²) in [6, 6.07) is 16.5. The van der Waals surface area contributed by atoms with Gasteiger partial charge in [0.2, 0.25) is 5.88 Å². The van der Waals surface area contributed by atoms with E-state index in [1.165, 1.54) is 10.6 Å². The zero-order valence-electron chi connectivity index (χ0n) is 20.6. The average Bonchev–Trinajstić information content (AvgIpc) is 3.13. The second kappa shape index (κ2) is 10.4. The number of Topliss-reactive ketones (excluding diaryl/α,β-unsaturated/α-hetero) is 1. The summed E-state index contributed by atoms with van der Waals surface area (Å²) in [5.74, 6) is -0.774. The van der Waals surface area contributed by atoms with E-state index in [0.717, 1.165) is 23.3 Å². The van der Waals surface area contributed by atoms with Gasteiger partial charge in [0, 0.05) is 16.6 Å². The molecule has 0 saturated heterocycles. The predicted octanol–water partition coefficient (Wildman–Crippen LogP) is 5.05. The molecular weight excluding hydrogens is 497 g/mol. The fraction of sp³-hybridized carbons (Fsp3) is 0.179. The number of nitrogens with two attached hydrogens (primary N) is 1. The lowest BCUT2D eigenvalue weighted by Gasteiger charge is -2.12. The summed E-state index contributed by atoms with van der Waals surface area (Å²) in [5, 5.41) is 14.1. The van der Waals surface area contributed by atoms with Gasteiger partial charge in [0.05, 0.1) is 28.9 Å². The summed E-state index contributed by atoms with van der Waals surface area (Å²) in [6.45, 7) is 3.00. The molecule has 0 spiro atoms. The molecule has 10 heteroatoms. The van der Waals surface area contributed by atoms with Crippen molar-refractivity contribution in [1.29, 1.82) is 0 Å². The maximum atomic E-state index is 13.7. The Hall–Kier alpha value is -4.60. The van der Waals surface area contributed by atoms with Crippen molar-refractivity contribution in [2.75, 3.05) is 13.1 Å². The fourth-order valence-electron chi connectivity index (χ4n) is 4.34. The number of fused-ring (bicyclic) bond motifs is 1. The second-order valence-electron chi connectivity index (χ2n) is 8.90. The molecule has 1 aromatic heterocycles. The van der Waals surface area contributed by atoms with E-state index in [4.69, 9.17) is 5.73 Å². The Labute approximate surface area is 216 Å². The molecule has 1 heterocycles. The van der Waals surface area contributed by atoms with Gasteiger partial charge in [-0.15, -0.1) is 0 Å². The number of aliphatic imine (C=N–C) groups is 1. The highest BCUT2D eigenvalue weighted by atomic mass is 19.4. The third-order valence-electron chi connectivity index (χ3n) is 5.89. The van der Waals surface area contributed by atoms with Gasteiger partial charge in [-0.3, -0.25) is 14.4 Å². The lowest BCUT2D eigenvalue weighted by Crippen LogP contribution is -2.34. The van der Waals surface area contributed by atoms with Crippen molar-refractivity contribution in [3.05, 3.63) is 94.5 Å². The highest BCUT2D eigenvalue weighted by Gasteiger charge is 2.32. The number of carbonyl (C=O) groups is 2. The van der Waals surface area contributed by atoms with Crippen LogP contribution in [-0.2, 0) is 11.0 Å². The summed E-state index contributed by atoms with van der Waals surface area (Å²) < 4.78 is 42.4. The van der Waals surface area contributed by atoms with Gasteiger partial charge in [0.25, 0.3) is 0 Å². The van der Waals surface area contributed by atoms with Crippen LogP contribution in [0.15, 0.2) is 71.7 Å². The van der Waals surface area contributed by atoms with E-state index in [2.05, 4.69) is 10.3 Å². The summed E-state index contributed by atoms with van der Waals surface area (Å²) >= 11 is 0. The third-order valence-corrected chi connectivity index (χ3v) is 5.89. The Morgan fingerprint density at radius 3 is 2.26 bits per heavy atom. The summed E-state index contributed by atoms with van der Waals surface area (Å²) in [4.78, 5) is 27.8. The highest BCUT2D eigenvalue weighted by molar-refractivity contribution is 6.22. The number of halogens is 3. The summed E-state index contributed by atoms with van der Waals surface area (Å²) in [6.07, 6.45) is -4.60. The topological polar surface area (TPSA) is 110 Å². The number of primary amides is 1. The number of hydrogen-bond acceptors (Lipinski definition) is 4. The van der Waals surface area contributed by atoms with Crippen LogP contribution in [0.4, 0.5) is 18.0 Å². The minimum absolute atomic E-state index is 0.127. The predicted molar refractivity (Wildman–Crippen MR) is 139 cm³/mol. The van der Waals surface area contributed by atoms with Gasteiger partial charge in [-0.05, 0) is 49.2 Å². The zero-order chi connectivity index (χ0) is 27.6. The van der Waals surface area contributed by atoms with Crippen LogP contribution in [0.1, 0.15) is 27.8 Å². The first-order valence-corrected chi connectivity index (χ1v) is 11.6. The first kappa shape index (κ1) is 26.5. The number of benzene rings is 3. The van der Waals surface area contributed by atoms with Crippen LogP contribution < -0.4 is 11.1 Å². The van der Waals surface area contributed by atoms with Crippen molar-refractivity contribution < 1.29 is 27.9 Å². The second-order valence-corrected chi connectivity index (χ2v) is 8.90. The number of aromatic hydroxyl groups is 1. The van der Waals surface area contributed by atoms with E-state index in [9.17, 15) is 27.9 Å². The van der Waals surface area contributed by atoms with E-state index < -0.39 is 23.6 Å². The molecule has 2 amide bonds. The number of nitrogens with zero attached hydrogens (tertiary/aromatic N) is 2. The monoisotopic (exact) mass is 522 g/mol. The highest BCUT2D eigenvalue weighted by Crippen LogP contribution is 2.40. The van der Waals surface area contributed by atoms with E-state index in [0.29, 0.717) is 16.6 Å². The lowest BCUT2D eigenvalue weighted by molar-refractivity contribution is -0.137. The molecule has 7 nitrogen and oxygen atoms in total. The quantitative estimate of drug-likeness (QED) is 0.296. The average molecular weight is 523 g/mol. The number of hydrogen-bond donors (Lipinski definition) is 3. The molecule has 0 bridgehead atoms. The van der Waals surface area contributed by atoms with Crippen molar-refractivity contribution in [2.24, 2.45) is 10.7 Å². The molecule has 4 N–H and O–H groups in total. The van der Waals surface area contributed by atoms with Crippen LogP contribution in [0.5, 0.6) is 5.88 Å². The molecule has 196 valence electrons. The Bertz CT molecular complexity index is 1540. The van der Waals surface area contributed by atoms with Gasteiger partial charge in [0.1, 0.15) is 6.54 Å². The third kappa shape index (κ3) is 5.54. The minimum Gasteiger partial charge on any atom is -0.494 e. The number of carbonyl (C=O) groups excluding carboxylic acids is 2. The van der Waals surface area contributed by atoms with Gasteiger partial charge in [0.15, 0.2) is 5.78 Å². The smallest absolute Gasteiger partial charge is 0.416 e. The molecule has 0 atom stereocenters. The van der Waals surface area contributed by atoms with Crippen molar-refractivity contribution in [3.8, 4) is 11.6 Å². The van der Waals surface area contributed by atoms with E-state index in [1.54, 1.807) is 42.5 Å². The number of amides is 2. The van der Waals surface area contributed by atoms with Crippen LogP contribution in [0, 0.1) is 13.8 Å². The Kier molecular flexibility index (Phi) is 7.25. The number of rotatable bonds is 7. The molecule has 0 radical (unpaired) electrons. The first-order valence-electron chi connectivity index (χ1n) is 11.6. The van der Waals surface area contributed by atoms with Crippen molar-refractivity contribution in [1.82, 2.24) is 9.88 Å². The Morgan fingerprint density at radius 2 is 1.66 bits per heavy atom. The molecule has 3 aromatic carbocycles. The maximum Gasteiger partial charge on any atom is 0.416 e. The van der Waals surface area contributed by atoms with Gasteiger partial charge in [-0.1, -0.05) is 42.5 Å². The van der Waals surface area contributed by atoms with E-state index in [1.807, 2.05) is 19.9 Å². The van der Waals surface area contributed by atoms with Crippen molar-refractivity contribution in [3.63, 3.8) is 0 Å². The normalized spacial score (nSPS) is 12.1. The van der Waals surface area contributed by atoms with E-state index >= 15 is 0 Å². The molecule has 0 aliphatic rings.